The van der Waals surface area contributed by atoms with Crippen molar-refractivity contribution in [3.8, 4) is 0 Å². The molecule has 0 spiro atoms. The van der Waals surface area contributed by atoms with Crippen LogP contribution in [0.15, 0.2) is 10.9 Å². The van der Waals surface area contributed by atoms with Crippen molar-refractivity contribution in [1.82, 2.24) is 9.97 Å². The lowest BCUT2D eigenvalue weighted by atomic mass is 10.5. The van der Waals surface area contributed by atoms with Gasteiger partial charge in [-0.25, -0.2) is 4.98 Å². The molecule has 5 nitrogen and oxygen atoms in total. The van der Waals surface area contributed by atoms with Crippen LogP contribution in [0.1, 0.15) is 19.7 Å². The van der Waals surface area contributed by atoms with Crippen LogP contribution in [0.25, 0.3) is 0 Å². The van der Waals surface area contributed by atoms with Crippen molar-refractivity contribution in [2.45, 2.75) is 26.9 Å². The molecule has 1 rings (SSSR count). The molecule has 2 N–H and O–H groups in total. The molecule has 0 atom stereocenters. The summed E-state index contributed by atoms with van der Waals surface area (Å²) in [5.74, 6) is 1.19. The van der Waals surface area contributed by atoms with Gasteiger partial charge in [0, 0.05) is 12.6 Å². The van der Waals surface area contributed by atoms with Crippen molar-refractivity contribution >= 4 is 5.82 Å². The Morgan fingerprint density at radius 2 is 2.33 bits per heavy atom. The number of aromatic amines is 1. The minimum absolute atomic E-state index is 0.144. The Bertz CT molecular complexity index is 360. The topological polar surface area (TPSA) is 67.0 Å². The third-order valence-electron chi connectivity index (χ3n) is 1.72. The lowest BCUT2D eigenvalue weighted by molar-refractivity contribution is 0.0870. The molecule has 0 radical (unpaired) electrons. The van der Waals surface area contributed by atoms with Crippen molar-refractivity contribution in [2.24, 2.45) is 0 Å². The average Bonchev–Trinajstić information content (AvgIpc) is 2.10. The van der Waals surface area contributed by atoms with Gasteiger partial charge in [-0.05, 0) is 20.8 Å². The first-order valence-corrected chi connectivity index (χ1v) is 5.01. The van der Waals surface area contributed by atoms with E-state index in [9.17, 15) is 4.79 Å². The molecule has 0 saturated heterocycles. The molecule has 1 aromatic heterocycles. The van der Waals surface area contributed by atoms with Crippen LogP contribution < -0.4 is 10.9 Å². The van der Waals surface area contributed by atoms with Crippen molar-refractivity contribution < 1.29 is 4.74 Å². The fourth-order valence-electron chi connectivity index (χ4n) is 1.14. The van der Waals surface area contributed by atoms with Crippen molar-refractivity contribution in [3.63, 3.8) is 0 Å². The fraction of sp³-hybridized carbons (Fsp3) is 0.600. The average molecular weight is 211 g/mol. The molecule has 84 valence electrons. The molecule has 0 unspecified atom stereocenters. The largest absolute Gasteiger partial charge is 0.377 e. The minimum Gasteiger partial charge on any atom is -0.377 e. The van der Waals surface area contributed by atoms with Crippen molar-refractivity contribution in [1.29, 1.82) is 0 Å². The zero-order valence-electron chi connectivity index (χ0n) is 9.33. The van der Waals surface area contributed by atoms with Gasteiger partial charge in [0.2, 0.25) is 0 Å². The number of anilines is 1. The Kier molecular flexibility index (Phi) is 4.30. The summed E-state index contributed by atoms with van der Waals surface area (Å²) in [7, 11) is 0. The Morgan fingerprint density at radius 3 is 2.93 bits per heavy atom. The molecule has 1 aromatic rings. The molecule has 5 heteroatoms. The molecule has 1 heterocycles. The number of aromatic nitrogens is 2. The highest BCUT2D eigenvalue weighted by Gasteiger charge is 1.97. The SMILES string of the molecule is Cc1nc(NCCOC(C)C)cc(=O)[nH]1. The van der Waals surface area contributed by atoms with E-state index in [-0.39, 0.29) is 11.7 Å². The van der Waals surface area contributed by atoms with E-state index in [1.807, 2.05) is 13.8 Å². The maximum atomic E-state index is 11.1. The number of ether oxygens (including phenoxy) is 1. The van der Waals surface area contributed by atoms with E-state index in [4.69, 9.17) is 4.74 Å². The molecule has 15 heavy (non-hydrogen) atoms. The van der Waals surface area contributed by atoms with Gasteiger partial charge in [-0.15, -0.1) is 0 Å². The normalized spacial score (nSPS) is 10.7. The monoisotopic (exact) mass is 211 g/mol. The smallest absolute Gasteiger partial charge is 0.252 e. The quantitative estimate of drug-likeness (QED) is 0.710. The molecule has 0 aromatic carbocycles. The Labute approximate surface area is 88.9 Å². The lowest BCUT2D eigenvalue weighted by Crippen LogP contribution is -2.16. The van der Waals surface area contributed by atoms with Crippen LogP contribution in [0.2, 0.25) is 0 Å². The van der Waals surface area contributed by atoms with Gasteiger partial charge in [0.1, 0.15) is 11.6 Å². The maximum Gasteiger partial charge on any atom is 0.252 e. The van der Waals surface area contributed by atoms with Crippen molar-refractivity contribution in [3.05, 3.63) is 22.2 Å². The highest BCUT2D eigenvalue weighted by atomic mass is 16.5. The van der Waals surface area contributed by atoms with Crippen LogP contribution in [0.5, 0.6) is 0 Å². The van der Waals surface area contributed by atoms with E-state index in [2.05, 4.69) is 15.3 Å². The number of nitrogens with one attached hydrogen (secondary N) is 2. The van der Waals surface area contributed by atoms with E-state index in [1.165, 1.54) is 6.07 Å². The summed E-state index contributed by atoms with van der Waals surface area (Å²) in [5.41, 5.74) is -0.144. The molecule has 0 fully saturated rings. The van der Waals surface area contributed by atoms with Gasteiger partial charge in [0.25, 0.3) is 5.56 Å². The van der Waals surface area contributed by atoms with Gasteiger partial charge in [0.05, 0.1) is 12.7 Å². The van der Waals surface area contributed by atoms with Gasteiger partial charge >= 0.3 is 0 Å². The Hall–Kier alpha value is -1.36. The van der Waals surface area contributed by atoms with Crippen LogP contribution in [-0.2, 0) is 4.74 Å². The van der Waals surface area contributed by atoms with Crippen LogP contribution in [-0.4, -0.2) is 29.2 Å². The molecule has 0 saturated carbocycles. The molecule has 0 aliphatic carbocycles. The molecular weight excluding hydrogens is 194 g/mol. The number of nitrogens with zero attached hydrogens (tertiary/aromatic N) is 1. The second kappa shape index (κ2) is 5.50. The Morgan fingerprint density at radius 1 is 1.60 bits per heavy atom. The summed E-state index contributed by atoms with van der Waals surface area (Å²) < 4.78 is 5.35. The minimum atomic E-state index is -0.144. The zero-order valence-corrected chi connectivity index (χ0v) is 9.33. The van der Waals surface area contributed by atoms with E-state index >= 15 is 0 Å². The summed E-state index contributed by atoms with van der Waals surface area (Å²) in [6, 6.07) is 1.43. The number of H-pyrrole nitrogens is 1. The summed E-state index contributed by atoms with van der Waals surface area (Å²) in [6.45, 7) is 6.96. The number of hydrogen-bond donors (Lipinski definition) is 2. The highest BCUT2D eigenvalue weighted by Crippen LogP contribution is 1.97. The summed E-state index contributed by atoms with van der Waals surface area (Å²) in [6.07, 6.45) is 0.223. The van der Waals surface area contributed by atoms with E-state index in [0.717, 1.165) is 0 Å². The number of aryl methyl sites for hydroxylation is 1. The zero-order chi connectivity index (χ0) is 11.3. The third-order valence-corrected chi connectivity index (χ3v) is 1.72. The molecule has 0 aliphatic heterocycles. The van der Waals surface area contributed by atoms with Crippen LogP contribution >= 0.6 is 0 Å². The summed E-state index contributed by atoms with van der Waals surface area (Å²) in [5, 5.41) is 3.03. The lowest BCUT2D eigenvalue weighted by Gasteiger charge is -2.08. The summed E-state index contributed by atoms with van der Waals surface area (Å²) in [4.78, 5) is 17.8. The first-order valence-electron chi connectivity index (χ1n) is 5.01. The van der Waals surface area contributed by atoms with E-state index < -0.39 is 0 Å². The second-order valence-electron chi connectivity index (χ2n) is 3.56. The predicted molar refractivity (Wildman–Crippen MR) is 59.2 cm³/mol. The third kappa shape index (κ3) is 4.60. The van der Waals surface area contributed by atoms with Gasteiger partial charge in [0.15, 0.2) is 0 Å². The van der Waals surface area contributed by atoms with Crippen LogP contribution in [0.4, 0.5) is 5.82 Å². The predicted octanol–water partition coefficient (Wildman–Crippen LogP) is 0.915. The standard InChI is InChI=1S/C10H17N3O2/c1-7(2)15-5-4-11-9-6-10(14)13-8(3)12-9/h6-7H,4-5H2,1-3H3,(H2,11,12,13,14). The van der Waals surface area contributed by atoms with Gasteiger partial charge in [-0.2, -0.15) is 0 Å². The van der Waals surface area contributed by atoms with E-state index in [1.54, 1.807) is 6.92 Å². The molecule has 0 bridgehead atoms. The van der Waals surface area contributed by atoms with Gasteiger partial charge in [-0.3, -0.25) is 4.79 Å². The maximum absolute atomic E-state index is 11.1. The van der Waals surface area contributed by atoms with Crippen molar-refractivity contribution in [2.75, 3.05) is 18.5 Å². The Balaban J connectivity index is 2.40. The number of hydrogen-bond acceptors (Lipinski definition) is 4. The first-order chi connectivity index (χ1) is 7.08. The second-order valence-corrected chi connectivity index (χ2v) is 3.56. The van der Waals surface area contributed by atoms with Crippen LogP contribution in [0.3, 0.4) is 0 Å². The fourth-order valence-corrected chi connectivity index (χ4v) is 1.14. The van der Waals surface area contributed by atoms with Gasteiger partial charge in [-0.1, -0.05) is 0 Å². The van der Waals surface area contributed by atoms with E-state index in [0.29, 0.717) is 24.8 Å². The molecule has 0 aliphatic rings. The first kappa shape index (κ1) is 11.7. The summed E-state index contributed by atoms with van der Waals surface area (Å²) >= 11 is 0. The number of rotatable bonds is 5. The molecular formula is C10H17N3O2. The van der Waals surface area contributed by atoms with Gasteiger partial charge < -0.3 is 15.0 Å². The molecule has 0 amide bonds. The van der Waals surface area contributed by atoms with Crippen LogP contribution in [0, 0.1) is 6.92 Å². The highest BCUT2D eigenvalue weighted by molar-refractivity contribution is 5.32.